The van der Waals surface area contributed by atoms with Gasteiger partial charge in [0.05, 0.1) is 18.9 Å². The number of hydrogen-bond donors (Lipinski definition) is 0. The quantitative estimate of drug-likeness (QED) is 0.774. The standard InChI is InChI=1S/C22H27FN4O2/c23-19-3-1-2-4-20(19)25-9-11-27(12-10-25)22(28)6-5-18-7-8-24-21(17-18)26-13-15-29-16-14-26/h1-4,7-8,17H,5-6,9-16H2. The number of para-hydroxylation sites is 1. The third-order valence-electron chi connectivity index (χ3n) is 5.60. The number of amides is 1. The molecule has 6 nitrogen and oxygen atoms in total. The van der Waals surface area contributed by atoms with Crippen molar-refractivity contribution in [3.8, 4) is 0 Å². The molecule has 4 rings (SSSR count). The van der Waals surface area contributed by atoms with Crippen LogP contribution in [0.1, 0.15) is 12.0 Å². The van der Waals surface area contributed by atoms with Crippen molar-refractivity contribution in [2.24, 2.45) is 0 Å². The molecule has 0 atom stereocenters. The third kappa shape index (κ3) is 4.85. The highest BCUT2D eigenvalue weighted by Crippen LogP contribution is 2.21. The normalized spacial score (nSPS) is 17.5. The summed E-state index contributed by atoms with van der Waals surface area (Å²) in [6.45, 7) is 5.72. The van der Waals surface area contributed by atoms with Crippen LogP contribution in [0.2, 0.25) is 0 Å². The summed E-state index contributed by atoms with van der Waals surface area (Å²) in [6.07, 6.45) is 3.00. The van der Waals surface area contributed by atoms with Crippen LogP contribution in [-0.2, 0) is 16.0 Å². The Hall–Kier alpha value is -2.67. The lowest BCUT2D eigenvalue weighted by atomic mass is 10.1. The Kier molecular flexibility index (Phi) is 6.24. The molecule has 2 aromatic rings. The molecule has 0 saturated carbocycles. The Morgan fingerprint density at radius 3 is 2.52 bits per heavy atom. The molecule has 154 valence electrons. The zero-order chi connectivity index (χ0) is 20.1. The van der Waals surface area contributed by atoms with Crippen molar-refractivity contribution in [2.75, 3.05) is 62.3 Å². The van der Waals surface area contributed by atoms with Crippen LogP contribution in [0.15, 0.2) is 42.6 Å². The minimum Gasteiger partial charge on any atom is -0.378 e. The molecule has 1 aromatic heterocycles. The number of piperazine rings is 1. The number of anilines is 2. The number of aryl methyl sites for hydroxylation is 1. The fourth-order valence-electron chi connectivity index (χ4n) is 3.90. The van der Waals surface area contributed by atoms with Gasteiger partial charge in [0.25, 0.3) is 0 Å². The van der Waals surface area contributed by atoms with Crippen molar-refractivity contribution in [1.29, 1.82) is 0 Å². The van der Waals surface area contributed by atoms with Crippen molar-refractivity contribution in [2.45, 2.75) is 12.8 Å². The van der Waals surface area contributed by atoms with Crippen LogP contribution >= 0.6 is 0 Å². The van der Waals surface area contributed by atoms with Crippen LogP contribution in [0, 0.1) is 5.82 Å². The zero-order valence-electron chi connectivity index (χ0n) is 16.6. The molecule has 3 heterocycles. The van der Waals surface area contributed by atoms with Crippen LogP contribution in [0.5, 0.6) is 0 Å². The van der Waals surface area contributed by atoms with Crippen molar-refractivity contribution in [1.82, 2.24) is 9.88 Å². The number of rotatable bonds is 5. The van der Waals surface area contributed by atoms with E-state index in [2.05, 4.69) is 16.0 Å². The predicted octanol–water partition coefficient (Wildman–Crippen LogP) is 2.34. The molecule has 7 heteroatoms. The molecule has 2 saturated heterocycles. The molecule has 1 aromatic carbocycles. The summed E-state index contributed by atoms with van der Waals surface area (Å²) in [7, 11) is 0. The maximum Gasteiger partial charge on any atom is 0.223 e. The highest BCUT2D eigenvalue weighted by atomic mass is 19.1. The Balaban J connectivity index is 1.28. The summed E-state index contributed by atoms with van der Waals surface area (Å²) in [6, 6.07) is 10.9. The van der Waals surface area contributed by atoms with E-state index in [9.17, 15) is 9.18 Å². The minimum absolute atomic E-state index is 0.155. The van der Waals surface area contributed by atoms with E-state index in [0.717, 1.165) is 37.7 Å². The fraction of sp³-hybridized carbons (Fsp3) is 0.455. The Labute approximate surface area is 170 Å². The average molecular weight is 398 g/mol. The maximum absolute atomic E-state index is 14.0. The van der Waals surface area contributed by atoms with Gasteiger partial charge in [0, 0.05) is 51.9 Å². The van der Waals surface area contributed by atoms with Gasteiger partial charge in [0.2, 0.25) is 5.91 Å². The van der Waals surface area contributed by atoms with Crippen molar-refractivity contribution < 1.29 is 13.9 Å². The van der Waals surface area contributed by atoms with E-state index < -0.39 is 0 Å². The third-order valence-corrected chi connectivity index (χ3v) is 5.60. The van der Waals surface area contributed by atoms with Gasteiger partial charge in [-0.25, -0.2) is 9.37 Å². The summed E-state index contributed by atoms with van der Waals surface area (Å²) in [5.41, 5.74) is 1.74. The number of ether oxygens (including phenoxy) is 1. The zero-order valence-corrected chi connectivity index (χ0v) is 16.6. The molecule has 0 spiro atoms. The first-order chi connectivity index (χ1) is 14.2. The van der Waals surface area contributed by atoms with Gasteiger partial charge in [-0.05, 0) is 36.2 Å². The first-order valence-corrected chi connectivity index (χ1v) is 10.3. The molecular weight excluding hydrogens is 371 g/mol. The second-order valence-electron chi connectivity index (χ2n) is 7.44. The molecule has 2 fully saturated rings. The minimum atomic E-state index is -0.207. The van der Waals surface area contributed by atoms with Crippen molar-refractivity contribution in [3.63, 3.8) is 0 Å². The lowest BCUT2D eigenvalue weighted by Crippen LogP contribution is -2.49. The molecule has 2 aliphatic rings. The number of carbonyl (C=O) groups is 1. The van der Waals surface area contributed by atoms with Gasteiger partial charge in [-0.15, -0.1) is 0 Å². The van der Waals surface area contributed by atoms with Crippen molar-refractivity contribution >= 4 is 17.4 Å². The van der Waals surface area contributed by atoms with Gasteiger partial charge in [-0.3, -0.25) is 4.79 Å². The number of hydrogen-bond acceptors (Lipinski definition) is 5. The van der Waals surface area contributed by atoms with Gasteiger partial charge in [-0.2, -0.15) is 0 Å². The number of morpholine rings is 1. The van der Waals surface area contributed by atoms with Crippen LogP contribution in [0.25, 0.3) is 0 Å². The Bertz CT molecular complexity index is 833. The van der Waals surface area contributed by atoms with E-state index in [1.165, 1.54) is 6.07 Å². The average Bonchev–Trinajstić information content (AvgIpc) is 2.79. The lowest BCUT2D eigenvalue weighted by Gasteiger charge is -2.36. The van der Waals surface area contributed by atoms with E-state index >= 15 is 0 Å². The largest absolute Gasteiger partial charge is 0.378 e. The van der Waals surface area contributed by atoms with Gasteiger partial charge < -0.3 is 19.4 Å². The molecule has 0 unspecified atom stereocenters. The highest BCUT2D eigenvalue weighted by Gasteiger charge is 2.22. The Morgan fingerprint density at radius 1 is 1.00 bits per heavy atom. The van der Waals surface area contributed by atoms with Crippen LogP contribution in [0.4, 0.5) is 15.9 Å². The van der Waals surface area contributed by atoms with Gasteiger partial charge in [-0.1, -0.05) is 12.1 Å². The number of aromatic nitrogens is 1. The highest BCUT2D eigenvalue weighted by molar-refractivity contribution is 5.77. The smallest absolute Gasteiger partial charge is 0.223 e. The summed E-state index contributed by atoms with van der Waals surface area (Å²) < 4.78 is 19.4. The molecule has 2 aliphatic heterocycles. The van der Waals surface area contributed by atoms with Gasteiger partial charge in [0.1, 0.15) is 11.6 Å². The monoisotopic (exact) mass is 398 g/mol. The topological polar surface area (TPSA) is 48.9 Å². The predicted molar refractivity (Wildman–Crippen MR) is 111 cm³/mol. The summed E-state index contributed by atoms with van der Waals surface area (Å²) in [5.74, 6) is 0.903. The molecule has 0 radical (unpaired) electrons. The molecule has 0 N–H and O–H groups in total. The van der Waals surface area contributed by atoms with E-state index in [4.69, 9.17) is 4.74 Å². The number of benzene rings is 1. The number of pyridine rings is 1. The fourth-order valence-corrected chi connectivity index (χ4v) is 3.90. The lowest BCUT2D eigenvalue weighted by molar-refractivity contribution is -0.131. The molecule has 1 amide bonds. The van der Waals surface area contributed by atoms with E-state index in [1.54, 1.807) is 12.1 Å². The van der Waals surface area contributed by atoms with Crippen LogP contribution in [-0.4, -0.2) is 68.3 Å². The first kappa shape index (κ1) is 19.6. The van der Waals surface area contributed by atoms with Gasteiger partial charge >= 0.3 is 0 Å². The molecule has 29 heavy (non-hydrogen) atoms. The summed E-state index contributed by atoms with van der Waals surface area (Å²) >= 11 is 0. The van der Waals surface area contributed by atoms with E-state index in [1.807, 2.05) is 28.1 Å². The Morgan fingerprint density at radius 2 is 1.76 bits per heavy atom. The maximum atomic E-state index is 14.0. The van der Waals surface area contributed by atoms with Crippen LogP contribution < -0.4 is 9.80 Å². The number of halogens is 1. The SMILES string of the molecule is O=C(CCc1ccnc(N2CCOCC2)c1)N1CCN(c2ccccc2F)CC1. The van der Waals surface area contributed by atoms with Crippen molar-refractivity contribution in [3.05, 3.63) is 54.0 Å². The number of carbonyl (C=O) groups excluding carboxylic acids is 1. The van der Waals surface area contributed by atoms with E-state index in [-0.39, 0.29) is 11.7 Å². The number of nitrogens with zero attached hydrogens (tertiary/aromatic N) is 4. The molecule has 0 aliphatic carbocycles. The molecule has 0 bridgehead atoms. The second kappa shape index (κ2) is 9.22. The van der Waals surface area contributed by atoms with Gasteiger partial charge in [0.15, 0.2) is 0 Å². The summed E-state index contributed by atoms with van der Waals surface area (Å²) in [5, 5.41) is 0. The summed E-state index contributed by atoms with van der Waals surface area (Å²) in [4.78, 5) is 23.2. The molecular formula is C22H27FN4O2. The first-order valence-electron chi connectivity index (χ1n) is 10.3. The van der Waals surface area contributed by atoms with Crippen LogP contribution in [0.3, 0.4) is 0 Å². The van der Waals surface area contributed by atoms with E-state index in [0.29, 0.717) is 44.7 Å². The second-order valence-corrected chi connectivity index (χ2v) is 7.44.